The van der Waals surface area contributed by atoms with Crippen molar-refractivity contribution in [2.45, 2.75) is 19.3 Å². The van der Waals surface area contributed by atoms with Crippen LogP contribution in [0.25, 0.3) is 0 Å². The maximum atomic E-state index is 11.9. The molecule has 1 amide bonds. The minimum absolute atomic E-state index is 0.0533. The van der Waals surface area contributed by atoms with Crippen molar-refractivity contribution in [2.24, 2.45) is 11.1 Å². The average molecular weight is 212 g/mol. The zero-order valence-corrected chi connectivity index (χ0v) is 8.69. The number of piperidine rings is 1. The molecular formula is C10H16N2O3. The van der Waals surface area contributed by atoms with E-state index in [1.54, 1.807) is 0 Å². The standard InChI is InChI=1S/C10H16N2O3/c13-10(8-3-6-15-7-8)12-4-1-9(11-14)2-5-12/h8,14H,1-7H2. The smallest absolute Gasteiger partial charge is 0.228 e. The number of oxime groups is 1. The van der Waals surface area contributed by atoms with Crippen molar-refractivity contribution in [1.29, 1.82) is 0 Å². The summed E-state index contributed by atoms with van der Waals surface area (Å²) in [4.78, 5) is 13.8. The van der Waals surface area contributed by atoms with Crippen LogP contribution in [0, 0.1) is 5.92 Å². The average Bonchev–Trinajstić information content (AvgIpc) is 2.82. The first-order valence-corrected chi connectivity index (χ1v) is 5.37. The number of likely N-dealkylation sites (tertiary alicyclic amines) is 1. The fourth-order valence-corrected chi connectivity index (χ4v) is 2.07. The second-order valence-corrected chi connectivity index (χ2v) is 4.05. The van der Waals surface area contributed by atoms with E-state index in [9.17, 15) is 4.79 Å². The van der Waals surface area contributed by atoms with Crippen LogP contribution in [-0.2, 0) is 9.53 Å². The normalized spacial score (nSPS) is 26.8. The molecule has 2 fully saturated rings. The summed E-state index contributed by atoms with van der Waals surface area (Å²) >= 11 is 0. The van der Waals surface area contributed by atoms with E-state index in [1.807, 2.05) is 4.90 Å². The molecule has 15 heavy (non-hydrogen) atoms. The minimum Gasteiger partial charge on any atom is -0.411 e. The van der Waals surface area contributed by atoms with E-state index in [2.05, 4.69) is 5.16 Å². The molecule has 0 spiro atoms. The summed E-state index contributed by atoms with van der Waals surface area (Å²) in [6.45, 7) is 2.62. The van der Waals surface area contributed by atoms with Gasteiger partial charge in [0.05, 0.1) is 18.2 Å². The molecule has 0 aliphatic carbocycles. The van der Waals surface area contributed by atoms with Gasteiger partial charge in [-0.1, -0.05) is 5.16 Å². The number of hydrogen-bond donors (Lipinski definition) is 1. The number of amides is 1. The quantitative estimate of drug-likeness (QED) is 0.508. The number of nitrogens with zero attached hydrogens (tertiary/aromatic N) is 2. The SMILES string of the molecule is O=C(C1CCOC1)N1CCC(=NO)CC1. The summed E-state index contributed by atoms with van der Waals surface area (Å²) in [5, 5.41) is 11.8. The van der Waals surface area contributed by atoms with Crippen LogP contribution in [0.5, 0.6) is 0 Å². The molecule has 0 saturated carbocycles. The molecule has 0 radical (unpaired) electrons. The molecule has 0 aromatic carbocycles. The zero-order chi connectivity index (χ0) is 10.7. The Morgan fingerprint density at radius 3 is 2.73 bits per heavy atom. The van der Waals surface area contributed by atoms with E-state index >= 15 is 0 Å². The van der Waals surface area contributed by atoms with Gasteiger partial charge in [0.1, 0.15) is 0 Å². The molecule has 2 heterocycles. The first kappa shape index (κ1) is 10.4. The topological polar surface area (TPSA) is 62.1 Å². The van der Waals surface area contributed by atoms with Crippen LogP contribution >= 0.6 is 0 Å². The second kappa shape index (κ2) is 4.61. The summed E-state index contributed by atoms with van der Waals surface area (Å²) in [7, 11) is 0. The Morgan fingerprint density at radius 2 is 2.20 bits per heavy atom. The molecule has 1 unspecified atom stereocenters. The maximum Gasteiger partial charge on any atom is 0.228 e. The van der Waals surface area contributed by atoms with Crippen LogP contribution < -0.4 is 0 Å². The van der Waals surface area contributed by atoms with Crippen molar-refractivity contribution in [1.82, 2.24) is 4.90 Å². The van der Waals surface area contributed by atoms with Crippen molar-refractivity contribution >= 4 is 11.6 Å². The number of ether oxygens (including phenoxy) is 1. The Hall–Kier alpha value is -1.10. The highest BCUT2D eigenvalue weighted by molar-refractivity contribution is 5.87. The van der Waals surface area contributed by atoms with Gasteiger partial charge in [0.15, 0.2) is 0 Å². The fourth-order valence-electron chi connectivity index (χ4n) is 2.07. The largest absolute Gasteiger partial charge is 0.411 e. The molecule has 2 rings (SSSR count). The summed E-state index contributed by atoms with van der Waals surface area (Å²) in [6, 6.07) is 0. The Kier molecular flexibility index (Phi) is 3.20. The molecule has 5 nitrogen and oxygen atoms in total. The highest BCUT2D eigenvalue weighted by atomic mass is 16.5. The predicted molar refractivity (Wildman–Crippen MR) is 54.0 cm³/mol. The highest BCUT2D eigenvalue weighted by Gasteiger charge is 2.29. The van der Waals surface area contributed by atoms with Gasteiger partial charge in [-0.05, 0) is 6.42 Å². The van der Waals surface area contributed by atoms with Gasteiger partial charge in [0.25, 0.3) is 0 Å². The van der Waals surface area contributed by atoms with Crippen molar-refractivity contribution in [2.75, 3.05) is 26.3 Å². The third-order valence-electron chi connectivity index (χ3n) is 3.07. The summed E-state index contributed by atoms with van der Waals surface area (Å²) in [6.07, 6.45) is 2.22. The van der Waals surface area contributed by atoms with Gasteiger partial charge < -0.3 is 14.8 Å². The first-order chi connectivity index (χ1) is 7.31. The molecule has 5 heteroatoms. The molecule has 1 N–H and O–H groups in total. The van der Waals surface area contributed by atoms with Gasteiger partial charge in [0.2, 0.25) is 5.91 Å². The lowest BCUT2D eigenvalue weighted by Crippen LogP contribution is -2.42. The molecule has 2 aliphatic heterocycles. The maximum absolute atomic E-state index is 11.9. The van der Waals surface area contributed by atoms with E-state index in [1.165, 1.54) is 0 Å². The van der Waals surface area contributed by atoms with E-state index < -0.39 is 0 Å². The van der Waals surface area contributed by atoms with E-state index in [0.717, 1.165) is 12.1 Å². The van der Waals surface area contributed by atoms with Crippen molar-refractivity contribution in [3.05, 3.63) is 0 Å². The lowest BCUT2D eigenvalue weighted by molar-refractivity contribution is -0.135. The van der Waals surface area contributed by atoms with Gasteiger partial charge in [-0.3, -0.25) is 4.79 Å². The monoisotopic (exact) mass is 212 g/mol. The van der Waals surface area contributed by atoms with Crippen LogP contribution in [0.1, 0.15) is 19.3 Å². The van der Waals surface area contributed by atoms with Gasteiger partial charge in [0, 0.05) is 32.5 Å². The molecule has 2 saturated heterocycles. The molecule has 1 atom stereocenters. The molecule has 0 aromatic heterocycles. The van der Waals surface area contributed by atoms with E-state index in [-0.39, 0.29) is 11.8 Å². The molecule has 2 aliphatic rings. The number of rotatable bonds is 1. The van der Waals surface area contributed by atoms with Gasteiger partial charge in [-0.15, -0.1) is 0 Å². The molecule has 0 aromatic rings. The van der Waals surface area contributed by atoms with Gasteiger partial charge in [-0.25, -0.2) is 0 Å². The third kappa shape index (κ3) is 2.28. The Morgan fingerprint density at radius 1 is 1.47 bits per heavy atom. The number of carbonyl (C=O) groups is 1. The number of carbonyl (C=O) groups excluding carboxylic acids is 1. The minimum atomic E-state index is 0.0533. The fraction of sp³-hybridized carbons (Fsp3) is 0.800. The summed E-state index contributed by atoms with van der Waals surface area (Å²) in [5.74, 6) is 0.252. The highest BCUT2D eigenvalue weighted by Crippen LogP contribution is 2.18. The molecule has 0 bridgehead atoms. The van der Waals surface area contributed by atoms with Crippen LogP contribution in [0.15, 0.2) is 5.16 Å². The summed E-state index contributed by atoms with van der Waals surface area (Å²) < 4.78 is 5.20. The van der Waals surface area contributed by atoms with Crippen LogP contribution in [-0.4, -0.2) is 48.0 Å². The third-order valence-corrected chi connectivity index (χ3v) is 3.07. The Labute approximate surface area is 88.7 Å². The number of hydrogen-bond acceptors (Lipinski definition) is 4. The predicted octanol–water partition coefficient (Wildman–Crippen LogP) is 0.476. The lowest BCUT2D eigenvalue weighted by atomic mass is 10.0. The zero-order valence-electron chi connectivity index (χ0n) is 8.69. The van der Waals surface area contributed by atoms with Crippen molar-refractivity contribution in [3.63, 3.8) is 0 Å². The Bertz CT molecular complexity index is 262. The first-order valence-electron chi connectivity index (χ1n) is 5.37. The van der Waals surface area contributed by atoms with E-state index in [0.29, 0.717) is 39.1 Å². The molecule has 84 valence electrons. The van der Waals surface area contributed by atoms with Crippen molar-refractivity contribution in [3.8, 4) is 0 Å². The van der Waals surface area contributed by atoms with Gasteiger partial charge in [-0.2, -0.15) is 0 Å². The lowest BCUT2D eigenvalue weighted by Gasteiger charge is -2.29. The van der Waals surface area contributed by atoms with E-state index in [4.69, 9.17) is 9.94 Å². The van der Waals surface area contributed by atoms with Crippen molar-refractivity contribution < 1.29 is 14.7 Å². The van der Waals surface area contributed by atoms with Crippen LogP contribution in [0.2, 0.25) is 0 Å². The Balaban J connectivity index is 1.87. The van der Waals surface area contributed by atoms with Gasteiger partial charge >= 0.3 is 0 Å². The summed E-state index contributed by atoms with van der Waals surface area (Å²) in [5.41, 5.74) is 0.793. The second-order valence-electron chi connectivity index (χ2n) is 4.05. The van der Waals surface area contributed by atoms with Crippen LogP contribution in [0.3, 0.4) is 0 Å². The molecular weight excluding hydrogens is 196 g/mol. The van der Waals surface area contributed by atoms with Crippen LogP contribution in [0.4, 0.5) is 0 Å².